The van der Waals surface area contributed by atoms with Crippen LogP contribution < -0.4 is 0 Å². The van der Waals surface area contributed by atoms with Crippen LogP contribution in [0.15, 0.2) is 24.3 Å². The maximum absolute atomic E-state index is 2.40. The summed E-state index contributed by atoms with van der Waals surface area (Å²) < 4.78 is 0. The van der Waals surface area contributed by atoms with Crippen LogP contribution in [0.3, 0.4) is 0 Å². The Bertz CT molecular complexity index is 337. The molecule has 1 aromatic rings. The van der Waals surface area contributed by atoms with Crippen LogP contribution in [0.1, 0.15) is 64.0 Å². The fourth-order valence-corrected chi connectivity index (χ4v) is 2.47. The molecule has 1 aromatic carbocycles. The molecule has 0 spiro atoms. The van der Waals surface area contributed by atoms with E-state index in [1.54, 1.807) is 5.92 Å². The molecule has 0 amide bonds. The summed E-state index contributed by atoms with van der Waals surface area (Å²) >= 11 is 0. The first-order valence-electron chi connectivity index (χ1n) is 6.53. The lowest BCUT2D eigenvalue weighted by Crippen LogP contribution is -2.12. The van der Waals surface area contributed by atoms with Gasteiger partial charge in [0.05, 0.1) is 0 Å². The van der Waals surface area contributed by atoms with Gasteiger partial charge in [0.1, 0.15) is 0 Å². The van der Waals surface area contributed by atoms with Gasteiger partial charge in [-0.15, -0.1) is 0 Å². The number of benzene rings is 1. The predicted octanol–water partition coefficient (Wildman–Crippen LogP) is 4.87. The molecule has 0 unspecified atom stereocenters. The van der Waals surface area contributed by atoms with Gasteiger partial charge in [0.25, 0.3) is 0 Å². The van der Waals surface area contributed by atoms with Crippen molar-refractivity contribution in [2.45, 2.75) is 58.3 Å². The van der Waals surface area contributed by atoms with Crippen LogP contribution in [0.2, 0.25) is 0 Å². The normalized spacial score (nSPS) is 18.7. The lowest BCUT2D eigenvalue weighted by atomic mass is 9.80. The molecule has 0 nitrogen and oxygen atoms in total. The van der Waals surface area contributed by atoms with E-state index in [-0.39, 0.29) is 5.41 Å². The monoisotopic (exact) mass is 215 g/mol. The van der Waals surface area contributed by atoms with Crippen LogP contribution >= 0.6 is 0 Å². The molecular weight excluding hydrogens is 192 g/mol. The molecular formula is C16H23. The van der Waals surface area contributed by atoms with E-state index in [1.807, 2.05) is 0 Å². The molecule has 2 rings (SSSR count). The van der Waals surface area contributed by atoms with E-state index in [0.29, 0.717) is 0 Å². The molecule has 0 N–H and O–H groups in total. The molecule has 1 radical (unpaired) electrons. The maximum Gasteiger partial charge on any atom is 0.00499 e. The second-order valence-electron chi connectivity index (χ2n) is 6.00. The summed E-state index contributed by atoms with van der Waals surface area (Å²) in [5.74, 6) is 1.68. The van der Waals surface area contributed by atoms with Crippen LogP contribution in [0, 0.1) is 5.92 Å². The largest absolute Gasteiger partial charge is 0.0617 e. The molecule has 1 aliphatic carbocycles. The Morgan fingerprint density at radius 1 is 0.938 bits per heavy atom. The van der Waals surface area contributed by atoms with Gasteiger partial charge in [-0.1, -0.05) is 64.3 Å². The van der Waals surface area contributed by atoms with E-state index < -0.39 is 0 Å². The van der Waals surface area contributed by atoms with Gasteiger partial charge in [-0.05, 0) is 29.4 Å². The summed E-state index contributed by atoms with van der Waals surface area (Å²) in [4.78, 5) is 0. The van der Waals surface area contributed by atoms with E-state index in [0.717, 1.165) is 0 Å². The van der Waals surface area contributed by atoms with Crippen molar-refractivity contribution in [3.8, 4) is 0 Å². The maximum atomic E-state index is 2.40. The number of hydrogen-bond acceptors (Lipinski definition) is 0. The van der Waals surface area contributed by atoms with Crippen molar-refractivity contribution in [3.05, 3.63) is 41.3 Å². The zero-order valence-corrected chi connectivity index (χ0v) is 10.8. The van der Waals surface area contributed by atoms with Gasteiger partial charge in [-0.3, -0.25) is 0 Å². The Morgan fingerprint density at radius 2 is 1.62 bits per heavy atom. The summed E-state index contributed by atoms with van der Waals surface area (Å²) in [6.07, 6.45) is 6.81. The molecule has 87 valence electrons. The molecule has 1 aliphatic rings. The topological polar surface area (TPSA) is 0 Å². The van der Waals surface area contributed by atoms with E-state index in [2.05, 4.69) is 45.0 Å². The van der Waals surface area contributed by atoms with E-state index in [1.165, 1.54) is 43.2 Å². The summed E-state index contributed by atoms with van der Waals surface area (Å²) in [5.41, 5.74) is 3.22. The highest BCUT2D eigenvalue weighted by Gasteiger charge is 2.19. The van der Waals surface area contributed by atoms with Crippen molar-refractivity contribution in [2.75, 3.05) is 0 Å². The highest BCUT2D eigenvalue weighted by atomic mass is 14.2. The molecule has 0 saturated heterocycles. The van der Waals surface area contributed by atoms with Crippen LogP contribution in [-0.4, -0.2) is 0 Å². The molecule has 0 heterocycles. The summed E-state index contributed by atoms with van der Waals surface area (Å²) in [7, 11) is 0. The summed E-state index contributed by atoms with van der Waals surface area (Å²) in [6, 6.07) is 9.17. The van der Waals surface area contributed by atoms with Gasteiger partial charge < -0.3 is 0 Å². The van der Waals surface area contributed by atoms with E-state index >= 15 is 0 Å². The van der Waals surface area contributed by atoms with E-state index in [9.17, 15) is 0 Å². The molecule has 0 aromatic heterocycles. The zero-order valence-electron chi connectivity index (χ0n) is 10.8. The lowest BCUT2D eigenvalue weighted by molar-refractivity contribution is 0.548. The highest BCUT2D eigenvalue weighted by Crippen LogP contribution is 2.33. The smallest absolute Gasteiger partial charge is 0.00499 e. The Labute approximate surface area is 100 Å². The van der Waals surface area contributed by atoms with Crippen molar-refractivity contribution in [1.82, 2.24) is 0 Å². The van der Waals surface area contributed by atoms with Gasteiger partial charge in [0.15, 0.2) is 0 Å². The third-order valence-electron chi connectivity index (χ3n) is 3.59. The minimum atomic E-state index is 0.269. The first kappa shape index (κ1) is 11.7. The van der Waals surface area contributed by atoms with Gasteiger partial charge in [0, 0.05) is 5.92 Å². The van der Waals surface area contributed by atoms with Crippen molar-refractivity contribution in [3.63, 3.8) is 0 Å². The summed E-state index contributed by atoms with van der Waals surface area (Å²) in [5, 5.41) is 0. The number of hydrogen-bond donors (Lipinski definition) is 0. The molecule has 0 atom stereocenters. The quantitative estimate of drug-likeness (QED) is 0.627. The Balaban J connectivity index is 2.21. The molecule has 0 aliphatic heterocycles. The van der Waals surface area contributed by atoms with Crippen molar-refractivity contribution in [1.29, 1.82) is 0 Å². The van der Waals surface area contributed by atoms with Crippen LogP contribution in [0.25, 0.3) is 0 Å². The molecule has 16 heavy (non-hydrogen) atoms. The second-order valence-corrected chi connectivity index (χ2v) is 6.00. The predicted molar refractivity (Wildman–Crippen MR) is 70.6 cm³/mol. The van der Waals surface area contributed by atoms with Crippen molar-refractivity contribution < 1.29 is 0 Å². The Hall–Kier alpha value is -0.780. The lowest BCUT2D eigenvalue weighted by Gasteiger charge is -2.24. The fraction of sp³-hybridized carbons (Fsp3) is 0.562. The average Bonchev–Trinajstić information content (AvgIpc) is 2.29. The zero-order chi connectivity index (χ0) is 11.6. The van der Waals surface area contributed by atoms with Crippen molar-refractivity contribution in [2.24, 2.45) is 0 Å². The van der Waals surface area contributed by atoms with Gasteiger partial charge in [-0.2, -0.15) is 0 Å². The SMILES string of the molecule is CC(C)(C)c1cccc([C]2CCCCC2)c1. The second kappa shape index (κ2) is 4.61. The first-order chi connectivity index (χ1) is 7.57. The minimum absolute atomic E-state index is 0.269. The molecule has 1 fully saturated rings. The Morgan fingerprint density at radius 3 is 2.25 bits per heavy atom. The third kappa shape index (κ3) is 2.66. The molecule has 1 saturated carbocycles. The fourth-order valence-electron chi connectivity index (χ4n) is 2.47. The van der Waals surface area contributed by atoms with Gasteiger partial charge >= 0.3 is 0 Å². The van der Waals surface area contributed by atoms with Gasteiger partial charge in [-0.25, -0.2) is 0 Å². The average molecular weight is 215 g/mol. The van der Waals surface area contributed by atoms with Crippen LogP contribution in [0.4, 0.5) is 0 Å². The summed E-state index contributed by atoms with van der Waals surface area (Å²) in [6.45, 7) is 6.87. The number of rotatable bonds is 1. The Kier molecular flexibility index (Phi) is 3.37. The highest BCUT2D eigenvalue weighted by molar-refractivity contribution is 5.37. The first-order valence-corrected chi connectivity index (χ1v) is 6.53. The van der Waals surface area contributed by atoms with Gasteiger partial charge in [0.2, 0.25) is 0 Å². The molecule has 0 bridgehead atoms. The van der Waals surface area contributed by atoms with Crippen molar-refractivity contribution >= 4 is 0 Å². The van der Waals surface area contributed by atoms with Crippen LogP contribution in [0.5, 0.6) is 0 Å². The van der Waals surface area contributed by atoms with E-state index in [4.69, 9.17) is 0 Å². The van der Waals surface area contributed by atoms with Crippen LogP contribution in [-0.2, 0) is 5.41 Å². The minimum Gasteiger partial charge on any atom is -0.0617 e. The molecule has 0 heteroatoms. The third-order valence-corrected chi connectivity index (χ3v) is 3.59. The standard InChI is InChI=1S/C16H23/c1-16(2,3)15-11-7-10-14(12-15)13-8-5-4-6-9-13/h7,10-12H,4-6,8-9H2,1-3H3.